The van der Waals surface area contributed by atoms with E-state index in [1.54, 1.807) is 29.2 Å². The Morgan fingerprint density at radius 1 is 1.03 bits per heavy atom. The number of hydrogen-bond acceptors (Lipinski definition) is 4. The summed E-state index contributed by atoms with van der Waals surface area (Å²) in [6, 6.07) is 22.7. The molecule has 0 aliphatic carbocycles. The smallest absolute Gasteiger partial charge is 0.283 e. The number of aliphatic imine (C=N–C) groups is 1. The second kappa shape index (κ2) is 12.0. The molecule has 190 valence electrons. The molecule has 1 aliphatic rings. The standard InChI is InChI=1S/C29H27Cl2N3O2S/c1-19(2)33(17-21-7-5-4-6-8-21)27(35)18-37-29-32-26(16-22-11-14-24(30)25(31)15-22)28(36)34(29)23-12-9-20(3)10-13-23/h4-16,19H,17-18H2,1-3H3/b26-16+. The van der Waals surface area contributed by atoms with Gasteiger partial charge in [-0.1, -0.05) is 89.1 Å². The fourth-order valence-corrected chi connectivity index (χ4v) is 5.03. The van der Waals surface area contributed by atoms with Crippen molar-refractivity contribution in [1.29, 1.82) is 0 Å². The SMILES string of the molecule is Cc1ccc(N2C(=O)/C(=C\c3ccc(Cl)c(Cl)c3)N=C2SCC(=O)N(Cc2ccccc2)C(C)C)cc1. The van der Waals surface area contributed by atoms with Crippen LogP contribution in [0.15, 0.2) is 83.5 Å². The van der Waals surface area contributed by atoms with E-state index in [0.717, 1.165) is 11.1 Å². The molecule has 0 spiro atoms. The maximum atomic E-state index is 13.5. The van der Waals surface area contributed by atoms with Crippen molar-refractivity contribution in [2.75, 3.05) is 10.7 Å². The molecule has 4 rings (SSSR count). The molecule has 2 amide bonds. The average Bonchev–Trinajstić information content (AvgIpc) is 3.19. The van der Waals surface area contributed by atoms with E-state index in [-0.39, 0.29) is 29.3 Å². The average molecular weight is 553 g/mol. The molecule has 5 nitrogen and oxygen atoms in total. The van der Waals surface area contributed by atoms with Crippen molar-refractivity contribution in [3.63, 3.8) is 0 Å². The zero-order chi connectivity index (χ0) is 26.5. The summed E-state index contributed by atoms with van der Waals surface area (Å²) in [7, 11) is 0. The molecule has 0 saturated carbocycles. The Balaban J connectivity index is 1.59. The van der Waals surface area contributed by atoms with E-state index in [2.05, 4.69) is 4.99 Å². The zero-order valence-electron chi connectivity index (χ0n) is 20.8. The maximum Gasteiger partial charge on any atom is 0.283 e. The van der Waals surface area contributed by atoms with Gasteiger partial charge in [-0.3, -0.25) is 14.5 Å². The van der Waals surface area contributed by atoms with E-state index in [4.69, 9.17) is 23.2 Å². The van der Waals surface area contributed by atoms with Crippen LogP contribution in [0.3, 0.4) is 0 Å². The first-order valence-corrected chi connectivity index (χ1v) is 13.6. The number of carbonyl (C=O) groups is 2. The number of nitrogens with zero attached hydrogens (tertiary/aromatic N) is 3. The Morgan fingerprint density at radius 2 is 1.73 bits per heavy atom. The number of amides is 2. The van der Waals surface area contributed by atoms with Gasteiger partial charge in [0.25, 0.3) is 5.91 Å². The maximum absolute atomic E-state index is 13.5. The molecule has 0 radical (unpaired) electrons. The third kappa shape index (κ3) is 6.63. The highest BCUT2D eigenvalue weighted by molar-refractivity contribution is 8.14. The number of thioether (sulfide) groups is 1. The van der Waals surface area contributed by atoms with Gasteiger partial charge in [-0.05, 0) is 62.2 Å². The lowest BCUT2D eigenvalue weighted by molar-refractivity contribution is -0.130. The molecule has 0 aromatic heterocycles. The fourth-order valence-electron chi connectivity index (χ4n) is 3.82. The van der Waals surface area contributed by atoms with Crippen LogP contribution in [0.1, 0.15) is 30.5 Å². The van der Waals surface area contributed by atoms with E-state index in [1.165, 1.54) is 11.8 Å². The summed E-state index contributed by atoms with van der Waals surface area (Å²) < 4.78 is 0. The minimum Gasteiger partial charge on any atom is -0.335 e. The topological polar surface area (TPSA) is 53.0 Å². The summed E-state index contributed by atoms with van der Waals surface area (Å²) >= 11 is 13.5. The summed E-state index contributed by atoms with van der Waals surface area (Å²) in [4.78, 5) is 34.7. The summed E-state index contributed by atoms with van der Waals surface area (Å²) in [5.74, 6) is -0.140. The van der Waals surface area contributed by atoms with Crippen LogP contribution < -0.4 is 4.90 Å². The Morgan fingerprint density at radius 3 is 2.38 bits per heavy atom. The summed E-state index contributed by atoms with van der Waals surface area (Å²) in [5.41, 5.74) is 3.81. The second-order valence-corrected chi connectivity index (χ2v) is 10.7. The zero-order valence-corrected chi connectivity index (χ0v) is 23.1. The summed E-state index contributed by atoms with van der Waals surface area (Å²) in [5, 5.41) is 1.29. The van der Waals surface area contributed by atoms with Crippen LogP contribution in [0.25, 0.3) is 6.08 Å². The highest BCUT2D eigenvalue weighted by atomic mass is 35.5. The quantitative estimate of drug-likeness (QED) is 0.291. The third-order valence-electron chi connectivity index (χ3n) is 5.83. The van der Waals surface area contributed by atoms with Crippen molar-refractivity contribution < 1.29 is 9.59 Å². The van der Waals surface area contributed by atoms with Gasteiger partial charge in [0.05, 0.1) is 21.5 Å². The second-order valence-electron chi connectivity index (χ2n) is 8.96. The van der Waals surface area contributed by atoms with Crippen molar-refractivity contribution >= 4 is 63.7 Å². The molecule has 0 bridgehead atoms. The molecule has 8 heteroatoms. The van der Waals surface area contributed by atoms with Gasteiger partial charge in [0, 0.05) is 12.6 Å². The van der Waals surface area contributed by atoms with Gasteiger partial charge in [0.15, 0.2) is 5.17 Å². The van der Waals surface area contributed by atoms with Crippen molar-refractivity contribution in [1.82, 2.24) is 4.90 Å². The van der Waals surface area contributed by atoms with E-state index in [1.807, 2.05) is 80.3 Å². The number of halogens is 2. The normalized spacial score (nSPS) is 14.4. The van der Waals surface area contributed by atoms with Gasteiger partial charge < -0.3 is 4.90 Å². The first kappa shape index (κ1) is 27.0. The largest absolute Gasteiger partial charge is 0.335 e. The predicted molar refractivity (Wildman–Crippen MR) is 155 cm³/mol. The first-order valence-electron chi connectivity index (χ1n) is 11.9. The van der Waals surface area contributed by atoms with Crippen molar-refractivity contribution in [2.24, 2.45) is 4.99 Å². The molecule has 1 heterocycles. The predicted octanol–water partition coefficient (Wildman–Crippen LogP) is 7.22. The molecule has 0 atom stereocenters. The molecule has 0 fully saturated rings. The van der Waals surface area contributed by atoms with Crippen LogP contribution in [0.5, 0.6) is 0 Å². The molecule has 0 saturated heterocycles. The van der Waals surface area contributed by atoms with Gasteiger partial charge in [0.2, 0.25) is 5.91 Å². The van der Waals surface area contributed by atoms with Crippen molar-refractivity contribution in [3.05, 3.63) is 105 Å². The minimum absolute atomic E-state index is 0.0234. The molecule has 3 aromatic rings. The molecule has 0 unspecified atom stereocenters. The van der Waals surface area contributed by atoms with Crippen LogP contribution in [-0.4, -0.2) is 33.7 Å². The molecular weight excluding hydrogens is 525 g/mol. The van der Waals surface area contributed by atoms with Gasteiger partial charge in [-0.2, -0.15) is 0 Å². The highest BCUT2D eigenvalue weighted by Gasteiger charge is 2.33. The van der Waals surface area contributed by atoms with E-state index in [0.29, 0.717) is 33.0 Å². The Kier molecular flexibility index (Phi) is 8.75. The number of hydrogen-bond donors (Lipinski definition) is 0. The lowest BCUT2D eigenvalue weighted by Crippen LogP contribution is -2.38. The van der Waals surface area contributed by atoms with Gasteiger partial charge in [0.1, 0.15) is 5.70 Å². The fraction of sp³-hybridized carbons (Fsp3) is 0.207. The summed E-state index contributed by atoms with van der Waals surface area (Å²) in [6.45, 7) is 6.51. The number of amidine groups is 1. The Hall–Kier alpha value is -3.06. The molecular formula is C29H27Cl2N3O2S. The van der Waals surface area contributed by atoms with Crippen LogP contribution in [0, 0.1) is 6.92 Å². The highest BCUT2D eigenvalue weighted by Crippen LogP contribution is 2.31. The van der Waals surface area contributed by atoms with Gasteiger partial charge in [-0.15, -0.1) is 0 Å². The van der Waals surface area contributed by atoms with Gasteiger partial charge in [-0.25, -0.2) is 4.99 Å². The van der Waals surface area contributed by atoms with E-state index >= 15 is 0 Å². The number of carbonyl (C=O) groups excluding carboxylic acids is 2. The number of rotatable bonds is 7. The van der Waals surface area contributed by atoms with Crippen molar-refractivity contribution in [2.45, 2.75) is 33.4 Å². The van der Waals surface area contributed by atoms with Crippen molar-refractivity contribution in [3.8, 4) is 0 Å². The van der Waals surface area contributed by atoms with Gasteiger partial charge >= 0.3 is 0 Å². The number of aryl methyl sites for hydroxylation is 1. The van der Waals surface area contributed by atoms with Crippen LogP contribution in [0.4, 0.5) is 5.69 Å². The Labute approximate surface area is 231 Å². The monoisotopic (exact) mass is 551 g/mol. The van der Waals surface area contributed by atoms with Crippen LogP contribution in [0.2, 0.25) is 10.0 Å². The Bertz CT molecular complexity index is 1360. The molecule has 37 heavy (non-hydrogen) atoms. The molecule has 0 N–H and O–H groups in total. The minimum atomic E-state index is -0.269. The van der Waals surface area contributed by atoms with E-state index in [9.17, 15) is 9.59 Å². The molecule has 1 aliphatic heterocycles. The third-order valence-corrected chi connectivity index (χ3v) is 7.50. The summed E-state index contributed by atoms with van der Waals surface area (Å²) in [6.07, 6.45) is 1.68. The number of benzene rings is 3. The lowest BCUT2D eigenvalue weighted by atomic mass is 10.2. The first-order chi connectivity index (χ1) is 17.7. The molecule has 3 aromatic carbocycles. The van der Waals surface area contributed by atoms with Crippen LogP contribution >= 0.6 is 35.0 Å². The van der Waals surface area contributed by atoms with Crippen LogP contribution in [-0.2, 0) is 16.1 Å². The van der Waals surface area contributed by atoms with E-state index < -0.39 is 0 Å². The lowest BCUT2D eigenvalue weighted by Gasteiger charge is -2.27. The number of anilines is 1.